The summed E-state index contributed by atoms with van der Waals surface area (Å²) < 4.78 is 5.89. The molecule has 2 atom stereocenters. The Labute approximate surface area is 87.4 Å². The average Bonchev–Trinajstić information content (AvgIpc) is 2.59. The number of hydrogen-bond donors (Lipinski definition) is 1. The lowest BCUT2D eigenvalue weighted by molar-refractivity contribution is -0.102. The molecule has 2 unspecified atom stereocenters. The lowest BCUT2D eigenvalue weighted by Gasteiger charge is -2.39. The van der Waals surface area contributed by atoms with Crippen LogP contribution in [0, 0.1) is 5.92 Å². The van der Waals surface area contributed by atoms with Gasteiger partial charge in [0.15, 0.2) is 0 Å². The highest BCUT2D eigenvalue weighted by molar-refractivity contribution is 4.96. The van der Waals surface area contributed by atoms with E-state index in [1.54, 1.807) is 0 Å². The van der Waals surface area contributed by atoms with E-state index >= 15 is 0 Å². The zero-order chi connectivity index (χ0) is 10.3. The largest absolute Gasteiger partial charge is 0.373 e. The van der Waals surface area contributed by atoms with Crippen molar-refractivity contribution in [2.24, 2.45) is 5.92 Å². The summed E-state index contributed by atoms with van der Waals surface area (Å²) in [6, 6.07) is 1.55. The van der Waals surface area contributed by atoms with Crippen LogP contribution in [0.3, 0.4) is 0 Å². The van der Waals surface area contributed by atoms with E-state index in [0.717, 1.165) is 18.0 Å². The van der Waals surface area contributed by atoms with Gasteiger partial charge in [-0.25, -0.2) is 0 Å². The molecule has 2 aliphatic carbocycles. The molecule has 0 saturated heterocycles. The summed E-state index contributed by atoms with van der Waals surface area (Å²) in [6.45, 7) is 8.73. The third kappa shape index (κ3) is 2.71. The highest BCUT2D eigenvalue weighted by Gasteiger charge is 2.39. The maximum absolute atomic E-state index is 5.89. The number of rotatable bonds is 3. The van der Waals surface area contributed by atoms with Crippen LogP contribution in [-0.4, -0.2) is 23.8 Å². The minimum absolute atomic E-state index is 0.0303. The van der Waals surface area contributed by atoms with Gasteiger partial charge < -0.3 is 10.1 Å². The van der Waals surface area contributed by atoms with Crippen molar-refractivity contribution in [3.8, 4) is 0 Å². The molecule has 2 fully saturated rings. The predicted molar refractivity (Wildman–Crippen MR) is 58.4 cm³/mol. The lowest BCUT2D eigenvalue weighted by Crippen LogP contribution is -2.48. The van der Waals surface area contributed by atoms with Crippen LogP contribution in [0.1, 0.15) is 47.0 Å². The molecular weight excluding hydrogens is 174 g/mol. The Kier molecular flexibility index (Phi) is 2.61. The number of hydrogen-bond acceptors (Lipinski definition) is 2. The number of nitrogens with one attached hydrogen (secondary N) is 1. The maximum Gasteiger partial charge on any atom is 0.0612 e. The van der Waals surface area contributed by atoms with Crippen LogP contribution in [0.2, 0.25) is 0 Å². The summed E-state index contributed by atoms with van der Waals surface area (Å²) in [5.74, 6) is 0.914. The Morgan fingerprint density at radius 1 is 1.14 bits per heavy atom. The molecular formula is C12H23NO. The van der Waals surface area contributed by atoms with Crippen molar-refractivity contribution in [3.05, 3.63) is 0 Å². The molecule has 2 saturated carbocycles. The van der Waals surface area contributed by atoms with Gasteiger partial charge in [-0.1, -0.05) is 6.92 Å². The summed E-state index contributed by atoms with van der Waals surface area (Å²) in [7, 11) is 0. The van der Waals surface area contributed by atoms with Crippen molar-refractivity contribution in [2.45, 2.75) is 70.7 Å². The molecule has 2 aliphatic rings. The third-order valence-electron chi connectivity index (χ3n) is 3.17. The Bertz CT molecular complexity index is 203. The zero-order valence-electron chi connectivity index (χ0n) is 9.84. The summed E-state index contributed by atoms with van der Waals surface area (Å²) >= 11 is 0. The van der Waals surface area contributed by atoms with E-state index in [1.807, 2.05) is 0 Å². The molecule has 2 heteroatoms. The second kappa shape index (κ2) is 3.49. The number of ether oxygens (including phenoxy) is 1. The van der Waals surface area contributed by atoms with Crippen molar-refractivity contribution in [1.29, 1.82) is 0 Å². The quantitative estimate of drug-likeness (QED) is 0.750. The second-order valence-electron chi connectivity index (χ2n) is 6.01. The molecule has 14 heavy (non-hydrogen) atoms. The Morgan fingerprint density at radius 3 is 2.14 bits per heavy atom. The summed E-state index contributed by atoms with van der Waals surface area (Å²) in [5.41, 5.74) is 0.0303. The van der Waals surface area contributed by atoms with Gasteiger partial charge in [0.2, 0.25) is 0 Å². The highest BCUT2D eigenvalue weighted by Crippen LogP contribution is 2.34. The van der Waals surface area contributed by atoms with Gasteiger partial charge >= 0.3 is 0 Å². The molecule has 1 N–H and O–H groups in total. The van der Waals surface area contributed by atoms with Crippen LogP contribution >= 0.6 is 0 Å². The molecule has 0 aromatic carbocycles. The molecule has 2 rings (SSSR count). The molecule has 2 nitrogen and oxygen atoms in total. The van der Waals surface area contributed by atoms with E-state index in [0.29, 0.717) is 6.10 Å². The summed E-state index contributed by atoms with van der Waals surface area (Å²) in [6.07, 6.45) is 4.30. The first-order chi connectivity index (χ1) is 6.44. The van der Waals surface area contributed by atoms with Crippen molar-refractivity contribution in [2.75, 3.05) is 0 Å². The third-order valence-corrected chi connectivity index (χ3v) is 3.17. The fourth-order valence-electron chi connectivity index (χ4n) is 2.15. The van der Waals surface area contributed by atoms with Gasteiger partial charge in [-0.15, -0.1) is 0 Å². The van der Waals surface area contributed by atoms with Crippen molar-refractivity contribution in [1.82, 2.24) is 5.32 Å². The zero-order valence-corrected chi connectivity index (χ0v) is 9.84. The highest BCUT2D eigenvalue weighted by atomic mass is 16.5. The molecule has 82 valence electrons. The minimum Gasteiger partial charge on any atom is -0.373 e. The Morgan fingerprint density at radius 2 is 1.71 bits per heavy atom. The standard InChI is InChI=1S/C12H23NO/c1-8-5-11(8)13-9-6-10(7-9)14-12(2,3)4/h8-11,13H,5-7H2,1-4H3. The SMILES string of the molecule is CC1CC1NC1CC(OC(C)(C)C)C1. The van der Waals surface area contributed by atoms with E-state index in [1.165, 1.54) is 19.3 Å². The molecule has 0 aromatic heterocycles. The molecule has 0 spiro atoms. The van der Waals surface area contributed by atoms with Crippen LogP contribution < -0.4 is 5.32 Å². The van der Waals surface area contributed by atoms with E-state index in [9.17, 15) is 0 Å². The van der Waals surface area contributed by atoms with Crippen LogP contribution in [0.4, 0.5) is 0 Å². The van der Waals surface area contributed by atoms with Crippen molar-refractivity contribution in [3.63, 3.8) is 0 Å². The fourth-order valence-corrected chi connectivity index (χ4v) is 2.15. The van der Waals surface area contributed by atoms with E-state index in [4.69, 9.17) is 4.74 Å². The van der Waals surface area contributed by atoms with Crippen LogP contribution in [0.15, 0.2) is 0 Å². The van der Waals surface area contributed by atoms with Gasteiger partial charge in [0.25, 0.3) is 0 Å². The molecule has 0 aromatic rings. The first kappa shape index (κ1) is 10.4. The molecule has 0 aliphatic heterocycles. The molecule has 0 amide bonds. The maximum atomic E-state index is 5.89. The first-order valence-corrected chi connectivity index (χ1v) is 5.88. The van der Waals surface area contributed by atoms with Crippen LogP contribution in [0.5, 0.6) is 0 Å². The fraction of sp³-hybridized carbons (Fsp3) is 1.00. The topological polar surface area (TPSA) is 21.3 Å². The average molecular weight is 197 g/mol. The van der Waals surface area contributed by atoms with Crippen molar-refractivity contribution >= 4 is 0 Å². The Hall–Kier alpha value is -0.0800. The Balaban J connectivity index is 1.60. The smallest absolute Gasteiger partial charge is 0.0612 e. The monoisotopic (exact) mass is 197 g/mol. The molecule has 0 bridgehead atoms. The van der Waals surface area contributed by atoms with E-state index < -0.39 is 0 Å². The minimum atomic E-state index is 0.0303. The molecule has 0 heterocycles. The van der Waals surface area contributed by atoms with Gasteiger partial charge in [-0.2, -0.15) is 0 Å². The van der Waals surface area contributed by atoms with Gasteiger partial charge in [0.05, 0.1) is 11.7 Å². The summed E-state index contributed by atoms with van der Waals surface area (Å²) in [5, 5.41) is 3.68. The van der Waals surface area contributed by atoms with E-state index in [2.05, 4.69) is 33.0 Å². The first-order valence-electron chi connectivity index (χ1n) is 5.88. The van der Waals surface area contributed by atoms with Crippen LogP contribution in [0.25, 0.3) is 0 Å². The van der Waals surface area contributed by atoms with Crippen LogP contribution in [-0.2, 0) is 4.74 Å². The summed E-state index contributed by atoms with van der Waals surface area (Å²) in [4.78, 5) is 0. The normalized spacial score (nSPS) is 42.0. The predicted octanol–water partition coefficient (Wildman–Crippen LogP) is 2.33. The van der Waals surface area contributed by atoms with Crippen molar-refractivity contribution < 1.29 is 4.74 Å². The molecule has 0 radical (unpaired) electrons. The van der Waals surface area contributed by atoms with Gasteiger partial charge in [0, 0.05) is 12.1 Å². The second-order valence-corrected chi connectivity index (χ2v) is 6.01. The van der Waals surface area contributed by atoms with Gasteiger partial charge in [-0.3, -0.25) is 0 Å². The lowest BCUT2D eigenvalue weighted by atomic mass is 9.88. The van der Waals surface area contributed by atoms with Gasteiger partial charge in [0.1, 0.15) is 0 Å². The van der Waals surface area contributed by atoms with Gasteiger partial charge in [-0.05, 0) is 46.0 Å². The van der Waals surface area contributed by atoms with E-state index in [-0.39, 0.29) is 5.60 Å².